The van der Waals surface area contributed by atoms with Crippen molar-refractivity contribution < 1.29 is 9.13 Å². The van der Waals surface area contributed by atoms with Crippen LogP contribution in [0.25, 0.3) is 11.3 Å². The Bertz CT molecular complexity index is 604. The second-order valence-corrected chi connectivity index (χ2v) is 5.26. The van der Waals surface area contributed by atoms with E-state index < -0.39 is 5.82 Å². The lowest BCUT2D eigenvalue weighted by molar-refractivity contribution is 0.231. The summed E-state index contributed by atoms with van der Waals surface area (Å²) < 4.78 is 19.8. The van der Waals surface area contributed by atoms with Crippen molar-refractivity contribution in [2.45, 2.75) is 20.0 Å². The van der Waals surface area contributed by atoms with E-state index in [9.17, 15) is 4.39 Å². The second kappa shape index (κ2) is 5.68. The van der Waals surface area contributed by atoms with Crippen LogP contribution in [0.5, 0.6) is 5.75 Å². The molecule has 4 nitrogen and oxygen atoms in total. The molecular weight excluding hydrogens is 360 g/mol. The third-order valence-electron chi connectivity index (χ3n) is 2.35. The van der Waals surface area contributed by atoms with Crippen molar-refractivity contribution >= 4 is 28.4 Å². The molecule has 19 heavy (non-hydrogen) atoms. The van der Waals surface area contributed by atoms with E-state index in [0.29, 0.717) is 20.8 Å². The van der Waals surface area contributed by atoms with Crippen LogP contribution in [0, 0.1) is 9.52 Å². The number of ether oxygens (including phenoxy) is 1. The maximum Gasteiger partial charge on any atom is 0.165 e. The van der Waals surface area contributed by atoms with Crippen molar-refractivity contribution in [3.8, 4) is 17.0 Å². The Kier molecular flexibility index (Phi) is 4.18. The van der Waals surface area contributed by atoms with Gasteiger partial charge in [0.2, 0.25) is 0 Å². The van der Waals surface area contributed by atoms with Crippen LogP contribution in [0.1, 0.15) is 13.8 Å². The van der Waals surface area contributed by atoms with E-state index in [4.69, 9.17) is 10.5 Å². The maximum atomic E-state index is 13.9. The molecule has 0 saturated carbocycles. The van der Waals surface area contributed by atoms with E-state index in [2.05, 4.69) is 9.97 Å². The SMILES string of the molecule is CC(C)Oc1ccc(-c2cnc(N)c(I)n2)cc1F. The van der Waals surface area contributed by atoms with Crippen LogP contribution in [0.4, 0.5) is 10.2 Å². The quantitative estimate of drug-likeness (QED) is 0.840. The summed E-state index contributed by atoms with van der Waals surface area (Å²) in [6.07, 6.45) is 1.45. The van der Waals surface area contributed by atoms with Crippen molar-refractivity contribution in [3.05, 3.63) is 33.9 Å². The number of nitrogen functional groups attached to an aromatic ring is 1. The molecule has 0 aliphatic heterocycles. The number of hydrogen-bond donors (Lipinski definition) is 1. The number of anilines is 1. The summed E-state index contributed by atoms with van der Waals surface area (Å²) >= 11 is 1.99. The molecule has 0 aliphatic carbocycles. The Labute approximate surface area is 124 Å². The first-order valence-electron chi connectivity index (χ1n) is 5.72. The van der Waals surface area contributed by atoms with E-state index in [1.807, 2.05) is 36.4 Å². The highest BCUT2D eigenvalue weighted by atomic mass is 127. The van der Waals surface area contributed by atoms with Gasteiger partial charge in [0.15, 0.2) is 17.4 Å². The van der Waals surface area contributed by atoms with Crippen LogP contribution < -0.4 is 10.5 Å². The molecule has 0 saturated heterocycles. The molecule has 6 heteroatoms. The van der Waals surface area contributed by atoms with Gasteiger partial charge in [-0.2, -0.15) is 0 Å². The average Bonchev–Trinajstić information content (AvgIpc) is 2.35. The summed E-state index contributed by atoms with van der Waals surface area (Å²) in [7, 11) is 0. The lowest BCUT2D eigenvalue weighted by atomic mass is 10.1. The van der Waals surface area contributed by atoms with Gasteiger partial charge in [-0.25, -0.2) is 14.4 Å². The maximum absolute atomic E-state index is 13.9. The zero-order valence-corrected chi connectivity index (χ0v) is 12.7. The fourth-order valence-corrected chi connectivity index (χ4v) is 1.92. The van der Waals surface area contributed by atoms with Gasteiger partial charge >= 0.3 is 0 Å². The average molecular weight is 373 g/mol. The molecule has 100 valence electrons. The van der Waals surface area contributed by atoms with Crippen LogP contribution in [0.2, 0.25) is 0 Å². The molecule has 0 fully saturated rings. The Hall–Kier alpha value is -1.44. The Morgan fingerprint density at radius 1 is 1.37 bits per heavy atom. The summed E-state index contributed by atoms with van der Waals surface area (Å²) in [6.45, 7) is 3.70. The third-order valence-corrected chi connectivity index (χ3v) is 3.14. The van der Waals surface area contributed by atoms with Gasteiger partial charge < -0.3 is 10.5 Å². The molecule has 0 bridgehead atoms. The second-order valence-electron chi connectivity index (χ2n) is 4.24. The Balaban J connectivity index is 2.36. The largest absolute Gasteiger partial charge is 0.488 e. The minimum absolute atomic E-state index is 0.0717. The highest BCUT2D eigenvalue weighted by molar-refractivity contribution is 14.1. The molecule has 2 aromatic rings. The zero-order chi connectivity index (χ0) is 14.0. The lowest BCUT2D eigenvalue weighted by Gasteiger charge is -2.11. The molecule has 0 aliphatic rings. The fraction of sp³-hybridized carbons (Fsp3) is 0.231. The first-order valence-corrected chi connectivity index (χ1v) is 6.80. The van der Waals surface area contributed by atoms with E-state index in [0.717, 1.165) is 0 Å². The topological polar surface area (TPSA) is 61.0 Å². The Morgan fingerprint density at radius 3 is 2.68 bits per heavy atom. The molecule has 2 rings (SSSR count). The van der Waals surface area contributed by atoms with Crippen LogP contribution in [-0.4, -0.2) is 16.1 Å². The highest BCUT2D eigenvalue weighted by Gasteiger charge is 2.10. The molecule has 0 atom stereocenters. The molecule has 0 spiro atoms. The van der Waals surface area contributed by atoms with Crippen molar-refractivity contribution in [1.29, 1.82) is 0 Å². The normalized spacial score (nSPS) is 10.8. The zero-order valence-electron chi connectivity index (χ0n) is 10.5. The molecule has 1 heterocycles. The van der Waals surface area contributed by atoms with Crippen LogP contribution in [-0.2, 0) is 0 Å². The predicted octanol–water partition coefficient (Wildman–Crippen LogP) is 3.26. The highest BCUT2D eigenvalue weighted by Crippen LogP contribution is 2.25. The van der Waals surface area contributed by atoms with Crippen LogP contribution in [0.3, 0.4) is 0 Å². The van der Waals surface area contributed by atoms with Gasteiger partial charge in [0.05, 0.1) is 18.0 Å². The lowest BCUT2D eigenvalue weighted by Crippen LogP contribution is -2.07. The van der Waals surface area contributed by atoms with E-state index in [1.165, 1.54) is 12.3 Å². The smallest absolute Gasteiger partial charge is 0.165 e. The van der Waals surface area contributed by atoms with E-state index in [-0.39, 0.29) is 11.9 Å². The van der Waals surface area contributed by atoms with Gasteiger partial charge in [0, 0.05) is 5.56 Å². The number of nitrogens with zero attached hydrogens (tertiary/aromatic N) is 2. The van der Waals surface area contributed by atoms with Gasteiger partial charge in [0.1, 0.15) is 3.70 Å². The predicted molar refractivity (Wildman–Crippen MR) is 80.3 cm³/mol. The van der Waals surface area contributed by atoms with Gasteiger partial charge in [-0.3, -0.25) is 0 Å². The molecule has 1 aromatic carbocycles. The summed E-state index contributed by atoms with van der Waals surface area (Å²) in [5, 5.41) is 0. The van der Waals surface area contributed by atoms with Crippen molar-refractivity contribution in [2.75, 3.05) is 5.73 Å². The van der Waals surface area contributed by atoms with E-state index in [1.54, 1.807) is 12.1 Å². The standard InChI is InChI=1S/C13H13FIN3O/c1-7(2)19-11-4-3-8(5-9(11)14)10-6-17-13(16)12(15)18-10/h3-7H,1-2H3,(H2,16,17). The number of hydrogen-bond acceptors (Lipinski definition) is 4. The van der Waals surface area contributed by atoms with Crippen molar-refractivity contribution in [2.24, 2.45) is 0 Å². The van der Waals surface area contributed by atoms with Crippen molar-refractivity contribution in [1.82, 2.24) is 9.97 Å². The van der Waals surface area contributed by atoms with Gasteiger partial charge in [-0.05, 0) is 54.6 Å². The van der Waals surface area contributed by atoms with Crippen LogP contribution >= 0.6 is 22.6 Å². The molecule has 0 radical (unpaired) electrons. The third kappa shape index (κ3) is 3.31. The molecule has 1 aromatic heterocycles. The van der Waals surface area contributed by atoms with Gasteiger partial charge in [-0.1, -0.05) is 0 Å². The first-order chi connectivity index (χ1) is 8.97. The van der Waals surface area contributed by atoms with Gasteiger partial charge in [-0.15, -0.1) is 0 Å². The molecule has 0 amide bonds. The minimum Gasteiger partial charge on any atom is -0.488 e. The summed E-state index contributed by atoms with van der Waals surface area (Å²) in [5.74, 6) is 0.182. The number of halogens is 2. The summed E-state index contributed by atoms with van der Waals surface area (Å²) in [6, 6.07) is 4.72. The fourth-order valence-electron chi connectivity index (χ4n) is 1.52. The Morgan fingerprint density at radius 2 is 2.11 bits per heavy atom. The number of nitrogens with two attached hydrogens (primary N) is 1. The number of rotatable bonds is 3. The number of benzene rings is 1. The first kappa shape index (κ1) is 14.0. The molecular formula is C13H13FIN3O. The van der Waals surface area contributed by atoms with Crippen molar-refractivity contribution in [3.63, 3.8) is 0 Å². The molecule has 0 unspecified atom stereocenters. The number of aromatic nitrogens is 2. The van der Waals surface area contributed by atoms with E-state index >= 15 is 0 Å². The summed E-state index contributed by atoms with van der Waals surface area (Å²) in [5.41, 5.74) is 6.82. The minimum atomic E-state index is -0.417. The summed E-state index contributed by atoms with van der Waals surface area (Å²) in [4.78, 5) is 8.28. The molecule has 2 N–H and O–H groups in total. The van der Waals surface area contributed by atoms with Gasteiger partial charge in [0.25, 0.3) is 0 Å². The van der Waals surface area contributed by atoms with Crippen LogP contribution in [0.15, 0.2) is 24.4 Å². The monoisotopic (exact) mass is 373 g/mol.